The van der Waals surface area contributed by atoms with E-state index < -0.39 is 15.9 Å². The summed E-state index contributed by atoms with van der Waals surface area (Å²) < 4.78 is 38.0. The van der Waals surface area contributed by atoms with Crippen molar-refractivity contribution in [3.8, 4) is 11.5 Å². The SMILES string of the molecule is C=CCN1c2cc(OC)c(OC)cc2C(C)=C(C(=O)NC(C)C)S1(=O)=O. The van der Waals surface area contributed by atoms with E-state index in [1.165, 1.54) is 20.3 Å². The molecular formula is C18H24N2O5S. The lowest BCUT2D eigenvalue weighted by Crippen LogP contribution is -2.42. The lowest BCUT2D eigenvalue weighted by molar-refractivity contribution is -0.117. The maximum atomic E-state index is 13.1. The average Bonchev–Trinajstić information content (AvgIpc) is 2.56. The van der Waals surface area contributed by atoms with Crippen LogP contribution in [0.5, 0.6) is 11.5 Å². The first-order valence-electron chi connectivity index (χ1n) is 8.10. The second-order valence-electron chi connectivity index (χ2n) is 6.13. The van der Waals surface area contributed by atoms with Gasteiger partial charge in [0, 0.05) is 17.7 Å². The molecule has 0 aliphatic carbocycles. The van der Waals surface area contributed by atoms with Crippen LogP contribution in [0.3, 0.4) is 0 Å². The van der Waals surface area contributed by atoms with Gasteiger partial charge in [-0.05, 0) is 32.4 Å². The number of methoxy groups -OCH3 is 2. The third-order valence-corrected chi connectivity index (χ3v) is 5.92. The lowest BCUT2D eigenvalue weighted by atomic mass is 10.0. The number of rotatable bonds is 6. The van der Waals surface area contributed by atoms with Gasteiger partial charge >= 0.3 is 0 Å². The van der Waals surface area contributed by atoms with E-state index in [1.807, 2.05) is 0 Å². The number of benzene rings is 1. The molecule has 0 saturated heterocycles. The molecule has 1 aliphatic rings. The number of hydrogen-bond donors (Lipinski definition) is 1. The molecule has 0 atom stereocenters. The van der Waals surface area contributed by atoms with Crippen molar-refractivity contribution < 1.29 is 22.7 Å². The first-order valence-corrected chi connectivity index (χ1v) is 9.54. The van der Waals surface area contributed by atoms with Crippen LogP contribution in [0.1, 0.15) is 26.3 Å². The van der Waals surface area contributed by atoms with Gasteiger partial charge in [-0.25, -0.2) is 8.42 Å². The summed E-state index contributed by atoms with van der Waals surface area (Å²) in [4.78, 5) is 12.3. The molecule has 0 unspecified atom stereocenters. The standard InChI is InChI=1S/C18H24N2O5S/c1-7-8-20-14-10-16(25-6)15(24-5)9-13(14)12(4)17(26(20,22)23)18(21)19-11(2)3/h7,9-11H,1,8H2,2-6H3,(H,19,21). The number of anilines is 1. The number of nitrogens with one attached hydrogen (secondary N) is 1. The Bertz CT molecular complexity index is 872. The largest absolute Gasteiger partial charge is 0.493 e. The third-order valence-electron chi connectivity index (χ3n) is 3.98. The number of carbonyl (C=O) groups is 1. The number of ether oxygens (including phenoxy) is 2. The third kappa shape index (κ3) is 3.29. The van der Waals surface area contributed by atoms with Crippen LogP contribution in [0.4, 0.5) is 5.69 Å². The van der Waals surface area contributed by atoms with E-state index in [4.69, 9.17) is 9.47 Å². The van der Waals surface area contributed by atoms with Crippen molar-refractivity contribution in [2.75, 3.05) is 25.1 Å². The zero-order valence-corrected chi connectivity index (χ0v) is 16.4. The van der Waals surface area contributed by atoms with Gasteiger partial charge in [0.05, 0.1) is 26.5 Å². The summed E-state index contributed by atoms with van der Waals surface area (Å²) in [5.74, 6) is 0.220. The number of nitrogens with zero attached hydrogens (tertiary/aromatic N) is 1. The summed E-state index contributed by atoms with van der Waals surface area (Å²) in [5.41, 5.74) is 1.37. The maximum absolute atomic E-state index is 13.1. The van der Waals surface area contributed by atoms with Crippen LogP contribution in [-0.4, -0.2) is 41.1 Å². The van der Waals surface area contributed by atoms with E-state index >= 15 is 0 Å². The summed E-state index contributed by atoms with van der Waals surface area (Å²) in [6, 6.07) is 3.07. The molecule has 142 valence electrons. The number of fused-ring (bicyclic) bond motifs is 1. The van der Waals surface area contributed by atoms with Crippen molar-refractivity contribution >= 4 is 27.2 Å². The Balaban J connectivity index is 2.82. The first kappa shape index (κ1) is 19.8. The highest BCUT2D eigenvalue weighted by atomic mass is 32.2. The number of sulfonamides is 1. The number of allylic oxidation sites excluding steroid dienone is 1. The highest BCUT2D eigenvalue weighted by Gasteiger charge is 2.39. The molecule has 1 N–H and O–H groups in total. The first-order chi connectivity index (χ1) is 12.2. The van der Waals surface area contributed by atoms with Gasteiger partial charge in [-0.15, -0.1) is 6.58 Å². The molecule has 0 spiro atoms. The second kappa shape index (κ2) is 7.41. The Kier molecular flexibility index (Phi) is 5.65. The van der Waals surface area contributed by atoms with Crippen LogP contribution in [0.25, 0.3) is 5.57 Å². The van der Waals surface area contributed by atoms with Crippen LogP contribution in [0, 0.1) is 0 Å². The Morgan fingerprint density at radius 3 is 2.35 bits per heavy atom. The van der Waals surface area contributed by atoms with Gasteiger partial charge in [-0.3, -0.25) is 9.10 Å². The fraction of sp³-hybridized carbons (Fsp3) is 0.389. The Morgan fingerprint density at radius 1 is 1.27 bits per heavy atom. The van der Waals surface area contributed by atoms with Crippen LogP contribution in [0.2, 0.25) is 0 Å². The highest BCUT2D eigenvalue weighted by molar-refractivity contribution is 7.97. The average molecular weight is 380 g/mol. The summed E-state index contributed by atoms with van der Waals surface area (Å²) in [6.07, 6.45) is 1.47. The highest BCUT2D eigenvalue weighted by Crippen LogP contribution is 2.44. The fourth-order valence-corrected chi connectivity index (χ4v) is 4.58. The molecule has 7 nitrogen and oxygen atoms in total. The summed E-state index contributed by atoms with van der Waals surface area (Å²) in [5, 5.41) is 2.66. The second-order valence-corrected chi connectivity index (χ2v) is 7.93. The number of hydrogen-bond acceptors (Lipinski definition) is 5. The van der Waals surface area contributed by atoms with Gasteiger partial charge in [-0.2, -0.15) is 0 Å². The van der Waals surface area contributed by atoms with Crippen LogP contribution in [0.15, 0.2) is 29.7 Å². The molecule has 2 rings (SSSR count). The zero-order chi connectivity index (χ0) is 19.6. The topological polar surface area (TPSA) is 84.9 Å². The predicted molar refractivity (Wildman–Crippen MR) is 102 cm³/mol. The van der Waals surface area contributed by atoms with Gasteiger partial charge in [-0.1, -0.05) is 6.08 Å². The summed E-state index contributed by atoms with van der Waals surface area (Å²) in [6.45, 7) is 8.81. The number of amides is 1. The van der Waals surface area contributed by atoms with Crippen LogP contribution < -0.4 is 19.1 Å². The minimum Gasteiger partial charge on any atom is -0.493 e. The molecule has 0 bridgehead atoms. The molecular weight excluding hydrogens is 356 g/mol. The van der Waals surface area contributed by atoms with Crippen LogP contribution >= 0.6 is 0 Å². The Hall–Kier alpha value is -2.48. The van der Waals surface area contributed by atoms with Crippen molar-refractivity contribution in [2.24, 2.45) is 0 Å². The summed E-state index contributed by atoms with van der Waals surface area (Å²) in [7, 11) is -1.07. The van der Waals surface area contributed by atoms with E-state index in [2.05, 4.69) is 11.9 Å². The Labute approximate surface area is 154 Å². The van der Waals surface area contributed by atoms with Crippen molar-refractivity contribution in [3.05, 3.63) is 35.3 Å². The van der Waals surface area contributed by atoms with Gasteiger partial charge in [0.1, 0.15) is 0 Å². The molecule has 8 heteroatoms. The summed E-state index contributed by atoms with van der Waals surface area (Å²) >= 11 is 0. The van der Waals surface area contributed by atoms with E-state index in [0.29, 0.717) is 28.3 Å². The molecule has 1 aromatic rings. The molecule has 1 amide bonds. The van der Waals surface area contributed by atoms with Gasteiger partial charge < -0.3 is 14.8 Å². The molecule has 0 fully saturated rings. The van der Waals surface area contributed by atoms with Crippen molar-refractivity contribution in [2.45, 2.75) is 26.8 Å². The molecule has 26 heavy (non-hydrogen) atoms. The van der Waals surface area contributed by atoms with E-state index in [-0.39, 0.29) is 17.5 Å². The van der Waals surface area contributed by atoms with E-state index in [0.717, 1.165) is 4.31 Å². The van der Waals surface area contributed by atoms with E-state index in [9.17, 15) is 13.2 Å². The van der Waals surface area contributed by atoms with E-state index in [1.54, 1.807) is 32.9 Å². The molecule has 1 aliphatic heterocycles. The minimum atomic E-state index is -4.05. The van der Waals surface area contributed by atoms with Gasteiger partial charge in [0.15, 0.2) is 16.4 Å². The fourth-order valence-electron chi connectivity index (χ4n) is 2.86. The molecule has 0 aromatic heterocycles. The van der Waals surface area contributed by atoms with Crippen molar-refractivity contribution in [1.82, 2.24) is 5.32 Å². The normalized spacial score (nSPS) is 15.5. The van der Waals surface area contributed by atoms with Crippen LogP contribution in [-0.2, 0) is 14.8 Å². The number of carbonyl (C=O) groups excluding carboxylic acids is 1. The monoisotopic (exact) mass is 380 g/mol. The molecule has 1 heterocycles. The lowest BCUT2D eigenvalue weighted by Gasteiger charge is -2.32. The molecule has 0 radical (unpaired) electrons. The van der Waals surface area contributed by atoms with Gasteiger partial charge in [0.2, 0.25) is 0 Å². The minimum absolute atomic E-state index is 0.0244. The van der Waals surface area contributed by atoms with Crippen molar-refractivity contribution in [1.29, 1.82) is 0 Å². The Morgan fingerprint density at radius 2 is 1.85 bits per heavy atom. The van der Waals surface area contributed by atoms with Gasteiger partial charge in [0.25, 0.3) is 15.9 Å². The smallest absolute Gasteiger partial charge is 0.270 e. The molecule has 0 saturated carbocycles. The van der Waals surface area contributed by atoms with Crippen molar-refractivity contribution in [3.63, 3.8) is 0 Å². The zero-order valence-electron chi connectivity index (χ0n) is 15.6. The predicted octanol–water partition coefficient (Wildman–Crippen LogP) is 2.30. The quantitative estimate of drug-likeness (QED) is 0.766. The maximum Gasteiger partial charge on any atom is 0.270 e. The molecule has 1 aromatic carbocycles.